The minimum absolute atomic E-state index is 0.0914. The van der Waals surface area contributed by atoms with E-state index in [1.54, 1.807) is 0 Å². The monoisotopic (exact) mass is 803 g/mol. The van der Waals surface area contributed by atoms with Gasteiger partial charge in [0.25, 0.3) is 0 Å². The number of likely N-dealkylation sites (N-methyl/N-ethyl adjacent to an activating group) is 1. The summed E-state index contributed by atoms with van der Waals surface area (Å²) in [6.45, 7) is 5.66. The molecule has 0 aromatic rings. The van der Waals surface area contributed by atoms with E-state index in [4.69, 9.17) is 18.5 Å². The lowest BCUT2D eigenvalue weighted by Gasteiger charge is -2.24. The summed E-state index contributed by atoms with van der Waals surface area (Å²) in [4.78, 5) is 22.9. The summed E-state index contributed by atoms with van der Waals surface area (Å²) in [7, 11) is 1.68. The fraction of sp³-hybridized carbons (Fsp3) is 0.935. The van der Waals surface area contributed by atoms with Gasteiger partial charge in [-0.3, -0.25) is 13.8 Å². The highest BCUT2D eigenvalue weighted by Gasteiger charge is 2.26. The second kappa shape index (κ2) is 40.0. The molecule has 0 aliphatic heterocycles. The molecule has 0 saturated carbocycles. The van der Waals surface area contributed by atoms with Crippen molar-refractivity contribution >= 4 is 13.8 Å². The van der Waals surface area contributed by atoms with Crippen LogP contribution in [0.3, 0.4) is 0 Å². The van der Waals surface area contributed by atoms with Gasteiger partial charge in [0, 0.05) is 13.0 Å². The van der Waals surface area contributed by atoms with Crippen molar-refractivity contribution in [3.63, 3.8) is 0 Å². The molecule has 55 heavy (non-hydrogen) atoms. The summed E-state index contributed by atoms with van der Waals surface area (Å²) in [5.41, 5.74) is 0. The number of phosphoric acid groups is 1. The number of quaternary nitrogens is 1. The minimum atomic E-state index is -4.27. The Balaban J connectivity index is 4.16. The zero-order valence-corrected chi connectivity index (χ0v) is 38.1. The molecule has 0 spiro atoms. The number of esters is 1. The van der Waals surface area contributed by atoms with E-state index in [2.05, 4.69) is 26.0 Å². The van der Waals surface area contributed by atoms with Gasteiger partial charge in [-0.05, 0) is 38.5 Å². The van der Waals surface area contributed by atoms with Crippen molar-refractivity contribution in [3.05, 3.63) is 12.2 Å². The predicted molar refractivity (Wildman–Crippen MR) is 234 cm³/mol. The number of rotatable bonds is 44. The molecule has 0 aromatic heterocycles. The third kappa shape index (κ3) is 44.2. The van der Waals surface area contributed by atoms with Crippen LogP contribution in [0.1, 0.15) is 219 Å². The van der Waals surface area contributed by atoms with Crippen LogP contribution < -0.4 is 0 Å². The van der Waals surface area contributed by atoms with E-state index in [9.17, 15) is 14.3 Å². The summed E-state index contributed by atoms with van der Waals surface area (Å²) in [5.74, 6) is -0.311. The Labute approximate surface area is 341 Å². The highest BCUT2D eigenvalue weighted by molar-refractivity contribution is 7.47. The van der Waals surface area contributed by atoms with Crippen molar-refractivity contribution < 1.29 is 37.3 Å². The van der Waals surface area contributed by atoms with E-state index >= 15 is 0 Å². The van der Waals surface area contributed by atoms with Crippen molar-refractivity contribution in [1.82, 2.24) is 0 Å². The molecular formula is C46H93NO7P+. The summed E-state index contributed by atoms with van der Waals surface area (Å²) in [6.07, 6.45) is 43.8. The number of nitrogens with zero attached hydrogens (tertiary/aromatic N) is 1. The molecule has 328 valence electrons. The Bertz CT molecular complexity index is 894. The van der Waals surface area contributed by atoms with Gasteiger partial charge in [-0.25, -0.2) is 4.57 Å². The number of hydrogen-bond acceptors (Lipinski definition) is 6. The maximum absolute atomic E-state index is 12.7. The largest absolute Gasteiger partial charge is 0.472 e. The lowest BCUT2D eigenvalue weighted by atomic mass is 10.0. The number of phosphoric ester groups is 1. The Kier molecular flexibility index (Phi) is 39.5. The van der Waals surface area contributed by atoms with E-state index in [1.165, 1.54) is 167 Å². The minimum Gasteiger partial charge on any atom is -0.457 e. The topological polar surface area (TPSA) is 91.3 Å². The van der Waals surface area contributed by atoms with Gasteiger partial charge in [0.05, 0.1) is 34.4 Å². The van der Waals surface area contributed by atoms with Gasteiger partial charge in [-0.1, -0.05) is 187 Å². The van der Waals surface area contributed by atoms with Crippen molar-refractivity contribution in [2.24, 2.45) is 0 Å². The van der Waals surface area contributed by atoms with Gasteiger partial charge >= 0.3 is 13.8 Å². The fourth-order valence-electron chi connectivity index (χ4n) is 6.67. The molecule has 0 rings (SSSR count). The van der Waals surface area contributed by atoms with Crippen LogP contribution in [-0.4, -0.2) is 75.6 Å². The summed E-state index contributed by atoms with van der Waals surface area (Å²) < 4.78 is 35.1. The van der Waals surface area contributed by atoms with Crippen LogP contribution in [-0.2, 0) is 27.9 Å². The van der Waals surface area contributed by atoms with Crippen LogP contribution in [0.5, 0.6) is 0 Å². The number of hydrogen-bond donors (Lipinski definition) is 1. The fourth-order valence-corrected chi connectivity index (χ4v) is 7.41. The quantitative estimate of drug-likeness (QED) is 0.0216. The van der Waals surface area contributed by atoms with Crippen LogP contribution in [0, 0.1) is 0 Å². The van der Waals surface area contributed by atoms with Crippen molar-refractivity contribution in [2.45, 2.75) is 225 Å². The first kappa shape index (κ1) is 54.2. The lowest BCUT2D eigenvalue weighted by Crippen LogP contribution is -2.37. The molecule has 8 nitrogen and oxygen atoms in total. The van der Waals surface area contributed by atoms with Crippen molar-refractivity contribution in [2.75, 3.05) is 54.1 Å². The highest BCUT2D eigenvalue weighted by atomic mass is 31.2. The van der Waals surface area contributed by atoms with Gasteiger partial charge in [0.1, 0.15) is 19.3 Å². The lowest BCUT2D eigenvalue weighted by molar-refractivity contribution is -0.870. The number of carbonyl (C=O) groups excluding carboxylic acids is 1. The standard InChI is InChI=1S/C46H92NO7P/c1-6-8-10-12-14-16-18-20-22-23-24-25-26-28-30-32-34-36-38-41-51-43-45(44-53-55(49,50)52-42-40-47(3,4)5)54-46(48)39-37-35-33-31-29-27-21-19-17-15-13-11-9-7-2/h22-23,45H,6-21,24-44H2,1-5H3/p+1/b23-22-. The predicted octanol–water partition coefficient (Wildman–Crippen LogP) is 13.8. The first-order chi connectivity index (χ1) is 26.6. The van der Waals surface area contributed by atoms with Crippen molar-refractivity contribution in [1.29, 1.82) is 0 Å². The van der Waals surface area contributed by atoms with E-state index < -0.39 is 13.9 Å². The van der Waals surface area contributed by atoms with Gasteiger partial charge in [0.2, 0.25) is 0 Å². The first-order valence-electron chi connectivity index (χ1n) is 23.4. The molecule has 1 N–H and O–H groups in total. The molecule has 0 saturated heterocycles. The Morgan fingerprint density at radius 1 is 0.545 bits per heavy atom. The van der Waals surface area contributed by atoms with Crippen LogP contribution in [0.4, 0.5) is 0 Å². The molecule has 0 aliphatic rings. The normalized spacial score (nSPS) is 13.8. The molecule has 0 amide bonds. The van der Waals surface area contributed by atoms with Gasteiger partial charge < -0.3 is 18.9 Å². The Morgan fingerprint density at radius 3 is 1.38 bits per heavy atom. The summed E-state index contributed by atoms with van der Waals surface area (Å²) in [6, 6.07) is 0. The van der Waals surface area contributed by atoms with Crippen molar-refractivity contribution in [3.8, 4) is 0 Å². The van der Waals surface area contributed by atoms with E-state index in [-0.39, 0.29) is 25.8 Å². The molecule has 0 aliphatic carbocycles. The number of ether oxygens (including phenoxy) is 2. The second-order valence-corrected chi connectivity index (χ2v) is 18.6. The molecule has 0 radical (unpaired) electrons. The van der Waals surface area contributed by atoms with Gasteiger partial charge in [-0.2, -0.15) is 0 Å². The van der Waals surface area contributed by atoms with E-state index in [0.29, 0.717) is 24.1 Å². The zero-order chi connectivity index (χ0) is 40.6. The van der Waals surface area contributed by atoms with Gasteiger partial charge in [0.15, 0.2) is 0 Å². The van der Waals surface area contributed by atoms with Crippen LogP contribution in [0.25, 0.3) is 0 Å². The average Bonchev–Trinajstić information content (AvgIpc) is 3.13. The Morgan fingerprint density at radius 2 is 0.945 bits per heavy atom. The maximum atomic E-state index is 12.7. The number of allylic oxidation sites excluding steroid dienone is 2. The smallest absolute Gasteiger partial charge is 0.457 e. The number of unbranched alkanes of at least 4 members (excludes halogenated alkanes) is 28. The van der Waals surface area contributed by atoms with Crippen LogP contribution in [0.2, 0.25) is 0 Å². The zero-order valence-electron chi connectivity index (χ0n) is 37.2. The van der Waals surface area contributed by atoms with E-state index in [1.807, 2.05) is 21.1 Å². The second-order valence-electron chi connectivity index (χ2n) is 17.1. The SMILES string of the molecule is CCCCCCCCC/C=C\CCCCCCCCCCOCC(COP(=O)(O)OCC[N+](C)(C)C)OC(=O)CCCCCCCCCCCCCCCC. The third-order valence-corrected chi connectivity index (χ3v) is 11.3. The third-order valence-electron chi connectivity index (χ3n) is 10.3. The summed E-state index contributed by atoms with van der Waals surface area (Å²) in [5, 5.41) is 0. The number of carbonyl (C=O) groups is 1. The van der Waals surface area contributed by atoms with Crippen LogP contribution >= 0.6 is 7.82 Å². The first-order valence-corrected chi connectivity index (χ1v) is 24.9. The van der Waals surface area contributed by atoms with E-state index in [0.717, 1.165) is 32.1 Å². The molecule has 2 atom stereocenters. The van der Waals surface area contributed by atoms with Gasteiger partial charge in [-0.15, -0.1) is 0 Å². The summed E-state index contributed by atoms with van der Waals surface area (Å²) >= 11 is 0. The molecule has 0 aromatic carbocycles. The molecule has 2 unspecified atom stereocenters. The molecule has 0 heterocycles. The molecule has 0 bridgehead atoms. The maximum Gasteiger partial charge on any atom is 0.472 e. The highest BCUT2D eigenvalue weighted by Crippen LogP contribution is 2.43. The Hall–Kier alpha value is -0.760. The molecule has 0 fully saturated rings. The average molecular weight is 803 g/mol. The van der Waals surface area contributed by atoms with Crippen LogP contribution in [0.15, 0.2) is 12.2 Å². The molecule has 9 heteroatoms. The molecular weight excluding hydrogens is 709 g/mol.